The molecule has 17 heavy (non-hydrogen) atoms. The van der Waals surface area contributed by atoms with Crippen LogP contribution < -0.4 is 9.47 Å². The average molecular weight is 264 g/mol. The normalized spacial score (nSPS) is 10.1. The summed E-state index contributed by atoms with van der Waals surface area (Å²) in [6, 6.07) is 13.0. The minimum absolute atomic E-state index is 0.688. The molecule has 2 rings (SSSR count). The standard InChI is InChI=1S/C13H12O2S2/c1-14-12-8-10(5-6-13(12)17)15-9-3-2-4-11(16)7-9/h2-8,16-17H,1H3. The molecule has 4 heteroatoms. The van der Waals surface area contributed by atoms with Gasteiger partial charge in [0.05, 0.1) is 7.11 Å². The Labute approximate surface area is 111 Å². The number of hydrogen-bond donors (Lipinski definition) is 2. The van der Waals surface area contributed by atoms with Crippen LogP contribution in [0.15, 0.2) is 52.3 Å². The van der Waals surface area contributed by atoms with E-state index in [-0.39, 0.29) is 0 Å². The van der Waals surface area contributed by atoms with Crippen LogP contribution in [0.4, 0.5) is 0 Å². The van der Waals surface area contributed by atoms with Gasteiger partial charge in [-0.25, -0.2) is 0 Å². The van der Waals surface area contributed by atoms with Gasteiger partial charge in [0.25, 0.3) is 0 Å². The summed E-state index contributed by atoms with van der Waals surface area (Å²) in [6.07, 6.45) is 0. The molecule has 0 radical (unpaired) electrons. The Hall–Kier alpha value is -1.26. The van der Waals surface area contributed by atoms with Gasteiger partial charge in [-0.15, -0.1) is 25.3 Å². The zero-order chi connectivity index (χ0) is 12.3. The molecule has 0 heterocycles. The Bertz CT molecular complexity index is 527. The third-order valence-corrected chi connectivity index (χ3v) is 2.85. The third-order valence-electron chi connectivity index (χ3n) is 2.20. The van der Waals surface area contributed by atoms with Gasteiger partial charge in [0, 0.05) is 15.9 Å². The molecule has 2 aromatic carbocycles. The molecule has 2 aromatic rings. The second kappa shape index (κ2) is 5.38. The van der Waals surface area contributed by atoms with Crippen molar-refractivity contribution in [2.75, 3.05) is 7.11 Å². The van der Waals surface area contributed by atoms with E-state index in [1.165, 1.54) is 0 Å². The lowest BCUT2D eigenvalue weighted by molar-refractivity contribution is 0.399. The zero-order valence-corrected chi connectivity index (χ0v) is 11.0. The lowest BCUT2D eigenvalue weighted by atomic mass is 10.3. The first-order valence-corrected chi connectivity index (χ1v) is 5.92. The molecule has 0 saturated heterocycles. The van der Waals surface area contributed by atoms with Crippen molar-refractivity contribution in [3.63, 3.8) is 0 Å². The molecule has 0 saturated carbocycles. The van der Waals surface area contributed by atoms with E-state index in [2.05, 4.69) is 25.3 Å². The van der Waals surface area contributed by atoms with Crippen molar-refractivity contribution in [1.29, 1.82) is 0 Å². The van der Waals surface area contributed by atoms with Gasteiger partial charge in [-0.2, -0.15) is 0 Å². The van der Waals surface area contributed by atoms with E-state index in [9.17, 15) is 0 Å². The van der Waals surface area contributed by atoms with Gasteiger partial charge in [0.1, 0.15) is 17.2 Å². The fraction of sp³-hybridized carbons (Fsp3) is 0.0769. The second-order valence-corrected chi connectivity index (χ2v) is 4.43. The summed E-state index contributed by atoms with van der Waals surface area (Å²) in [4.78, 5) is 1.64. The Morgan fingerprint density at radius 3 is 2.41 bits per heavy atom. The number of thiol groups is 2. The lowest BCUT2D eigenvalue weighted by Gasteiger charge is -2.09. The molecule has 0 aromatic heterocycles. The van der Waals surface area contributed by atoms with Crippen LogP contribution in [0.5, 0.6) is 17.2 Å². The fourth-order valence-corrected chi connectivity index (χ4v) is 1.85. The summed E-state index contributed by atoms with van der Waals surface area (Å²) in [5, 5.41) is 0. The molecule has 0 unspecified atom stereocenters. The molecule has 0 bridgehead atoms. The van der Waals surface area contributed by atoms with Gasteiger partial charge < -0.3 is 9.47 Å². The van der Waals surface area contributed by atoms with E-state index in [0.717, 1.165) is 15.5 Å². The van der Waals surface area contributed by atoms with Crippen LogP contribution in [-0.4, -0.2) is 7.11 Å². The van der Waals surface area contributed by atoms with Crippen LogP contribution >= 0.6 is 25.3 Å². The van der Waals surface area contributed by atoms with E-state index >= 15 is 0 Å². The molecular weight excluding hydrogens is 252 g/mol. The number of benzene rings is 2. The summed E-state index contributed by atoms with van der Waals surface area (Å²) in [5.74, 6) is 2.14. The smallest absolute Gasteiger partial charge is 0.135 e. The van der Waals surface area contributed by atoms with Crippen LogP contribution in [0.25, 0.3) is 0 Å². The van der Waals surface area contributed by atoms with Crippen LogP contribution in [-0.2, 0) is 0 Å². The average Bonchev–Trinajstić information content (AvgIpc) is 2.32. The van der Waals surface area contributed by atoms with E-state index < -0.39 is 0 Å². The van der Waals surface area contributed by atoms with Crippen LogP contribution in [0, 0.1) is 0 Å². The van der Waals surface area contributed by atoms with E-state index in [1.807, 2.05) is 36.4 Å². The maximum absolute atomic E-state index is 5.69. The molecule has 0 fully saturated rings. The molecule has 2 nitrogen and oxygen atoms in total. The number of ether oxygens (including phenoxy) is 2. The molecular formula is C13H12O2S2. The van der Waals surface area contributed by atoms with E-state index in [0.29, 0.717) is 11.5 Å². The van der Waals surface area contributed by atoms with Gasteiger partial charge >= 0.3 is 0 Å². The summed E-state index contributed by atoms with van der Waals surface area (Å²) in [5.41, 5.74) is 0. The maximum atomic E-state index is 5.69. The maximum Gasteiger partial charge on any atom is 0.135 e. The molecule has 0 N–H and O–H groups in total. The van der Waals surface area contributed by atoms with Crippen LogP contribution in [0.2, 0.25) is 0 Å². The predicted octanol–water partition coefficient (Wildman–Crippen LogP) is 4.06. The molecule has 0 aliphatic rings. The monoisotopic (exact) mass is 264 g/mol. The van der Waals surface area contributed by atoms with E-state index in [1.54, 1.807) is 13.2 Å². The van der Waals surface area contributed by atoms with E-state index in [4.69, 9.17) is 9.47 Å². The first kappa shape index (κ1) is 12.2. The SMILES string of the molecule is COc1cc(Oc2cccc(S)c2)ccc1S. The quantitative estimate of drug-likeness (QED) is 0.814. The number of hydrogen-bond acceptors (Lipinski definition) is 4. The van der Waals surface area contributed by atoms with Crippen molar-refractivity contribution in [2.45, 2.75) is 9.79 Å². The summed E-state index contributed by atoms with van der Waals surface area (Å²) in [6.45, 7) is 0. The van der Waals surface area contributed by atoms with Crippen molar-refractivity contribution < 1.29 is 9.47 Å². The van der Waals surface area contributed by atoms with Crippen molar-refractivity contribution >= 4 is 25.3 Å². The van der Waals surface area contributed by atoms with Crippen LogP contribution in [0.3, 0.4) is 0 Å². The topological polar surface area (TPSA) is 18.5 Å². The fourth-order valence-electron chi connectivity index (χ4n) is 1.40. The van der Waals surface area contributed by atoms with Gasteiger partial charge in [-0.1, -0.05) is 6.07 Å². The highest BCUT2D eigenvalue weighted by Crippen LogP contribution is 2.30. The summed E-state index contributed by atoms with van der Waals surface area (Å²) >= 11 is 8.53. The zero-order valence-electron chi connectivity index (χ0n) is 9.25. The lowest BCUT2D eigenvalue weighted by Crippen LogP contribution is -1.88. The first-order chi connectivity index (χ1) is 8.19. The molecule has 0 aliphatic carbocycles. The minimum Gasteiger partial charge on any atom is -0.495 e. The Morgan fingerprint density at radius 1 is 0.941 bits per heavy atom. The Balaban J connectivity index is 2.24. The summed E-state index contributed by atoms with van der Waals surface area (Å²) in [7, 11) is 1.60. The molecule has 0 atom stereocenters. The molecule has 0 amide bonds. The van der Waals surface area contributed by atoms with Gasteiger partial charge in [-0.05, 0) is 30.3 Å². The highest BCUT2D eigenvalue weighted by Gasteiger charge is 2.03. The molecule has 0 aliphatic heterocycles. The highest BCUT2D eigenvalue weighted by molar-refractivity contribution is 7.80. The second-order valence-electron chi connectivity index (χ2n) is 3.43. The largest absolute Gasteiger partial charge is 0.495 e. The molecule has 0 spiro atoms. The van der Waals surface area contributed by atoms with Crippen molar-refractivity contribution in [2.24, 2.45) is 0 Å². The molecule has 88 valence electrons. The number of rotatable bonds is 3. The number of methoxy groups -OCH3 is 1. The first-order valence-electron chi connectivity index (χ1n) is 5.03. The van der Waals surface area contributed by atoms with Crippen molar-refractivity contribution in [3.05, 3.63) is 42.5 Å². The third kappa shape index (κ3) is 3.11. The van der Waals surface area contributed by atoms with Crippen LogP contribution in [0.1, 0.15) is 0 Å². The minimum atomic E-state index is 0.688. The Morgan fingerprint density at radius 2 is 1.71 bits per heavy atom. The van der Waals surface area contributed by atoms with Crippen molar-refractivity contribution in [1.82, 2.24) is 0 Å². The van der Waals surface area contributed by atoms with Gasteiger partial charge in [0.15, 0.2) is 0 Å². The Kier molecular flexibility index (Phi) is 3.86. The predicted molar refractivity (Wildman–Crippen MR) is 74.0 cm³/mol. The summed E-state index contributed by atoms with van der Waals surface area (Å²) < 4.78 is 10.9. The van der Waals surface area contributed by atoms with Crippen molar-refractivity contribution in [3.8, 4) is 17.2 Å². The van der Waals surface area contributed by atoms with Gasteiger partial charge in [-0.3, -0.25) is 0 Å². The van der Waals surface area contributed by atoms with Gasteiger partial charge in [0.2, 0.25) is 0 Å². The highest BCUT2D eigenvalue weighted by atomic mass is 32.1.